The lowest BCUT2D eigenvalue weighted by molar-refractivity contribution is -0.133. The van der Waals surface area contributed by atoms with Crippen molar-refractivity contribution in [3.63, 3.8) is 0 Å². The molecule has 0 spiro atoms. The van der Waals surface area contributed by atoms with Gasteiger partial charge in [-0.05, 0) is 34.1 Å². The predicted molar refractivity (Wildman–Crippen MR) is 77.9 cm³/mol. The van der Waals surface area contributed by atoms with E-state index >= 15 is 0 Å². The molecule has 2 unspecified atom stereocenters. The van der Waals surface area contributed by atoms with E-state index in [1.807, 2.05) is 13.8 Å². The Hall–Kier alpha value is -1.10. The van der Waals surface area contributed by atoms with Crippen molar-refractivity contribution in [2.75, 3.05) is 19.6 Å². The van der Waals surface area contributed by atoms with Crippen LogP contribution in [0.25, 0.3) is 0 Å². The van der Waals surface area contributed by atoms with Gasteiger partial charge >= 0.3 is 0 Å². The van der Waals surface area contributed by atoms with Crippen LogP contribution in [0.3, 0.4) is 0 Å². The lowest BCUT2D eigenvalue weighted by Gasteiger charge is -2.25. The third-order valence-electron chi connectivity index (χ3n) is 3.17. The summed E-state index contributed by atoms with van der Waals surface area (Å²) in [6.07, 6.45) is 2.03. The van der Waals surface area contributed by atoms with E-state index in [4.69, 9.17) is 0 Å². The minimum Gasteiger partial charge on any atom is -0.355 e. The van der Waals surface area contributed by atoms with Crippen LogP contribution in [0.1, 0.15) is 47.5 Å². The molecule has 2 atom stereocenters. The molecule has 0 aliphatic rings. The summed E-state index contributed by atoms with van der Waals surface area (Å²) in [4.78, 5) is 25.6. The van der Waals surface area contributed by atoms with Gasteiger partial charge < -0.3 is 10.2 Å². The fourth-order valence-electron chi connectivity index (χ4n) is 1.87. The molecule has 2 amide bonds. The number of unbranched alkanes of at least 4 members (excludes halogenated alkanes) is 1. The first-order chi connectivity index (χ1) is 8.97. The monoisotopic (exact) mass is 271 g/mol. The van der Waals surface area contributed by atoms with Gasteiger partial charge in [0.05, 0.1) is 12.1 Å². The minimum absolute atomic E-state index is 0.0400. The average molecular weight is 271 g/mol. The number of carbonyl (C=O) groups is 2. The maximum atomic E-state index is 12.1. The van der Waals surface area contributed by atoms with Crippen LogP contribution < -0.4 is 10.6 Å². The van der Waals surface area contributed by atoms with Crippen molar-refractivity contribution in [2.45, 2.75) is 59.5 Å². The topological polar surface area (TPSA) is 61.4 Å². The van der Waals surface area contributed by atoms with E-state index in [9.17, 15) is 9.59 Å². The van der Waals surface area contributed by atoms with Gasteiger partial charge in [-0.15, -0.1) is 0 Å². The maximum absolute atomic E-state index is 12.1. The minimum atomic E-state index is -0.355. The van der Waals surface area contributed by atoms with Gasteiger partial charge in [0.2, 0.25) is 11.8 Å². The maximum Gasteiger partial charge on any atom is 0.239 e. The molecule has 0 saturated carbocycles. The number of nitrogens with zero attached hydrogens (tertiary/aromatic N) is 1. The van der Waals surface area contributed by atoms with Crippen molar-refractivity contribution in [3.05, 3.63) is 0 Å². The number of likely N-dealkylation sites (N-methyl/N-ethyl adjacent to an activating group) is 1. The largest absolute Gasteiger partial charge is 0.355 e. The molecule has 0 rings (SSSR count). The Labute approximate surface area is 117 Å². The molecule has 0 bridgehead atoms. The van der Waals surface area contributed by atoms with Gasteiger partial charge in [0.15, 0.2) is 0 Å². The molecule has 2 N–H and O–H groups in total. The van der Waals surface area contributed by atoms with E-state index in [1.54, 1.807) is 18.7 Å². The van der Waals surface area contributed by atoms with Crippen LogP contribution in [0, 0.1) is 0 Å². The fraction of sp³-hybridized carbons (Fsp3) is 0.857. The van der Waals surface area contributed by atoms with Crippen LogP contribution >= 0.6 is 0 Å². The Morgan fingerprint density at radius 1 is 1.05 bits per heavy atom. The van der Waals surface area contributed by atoms with Gasteiger partial charge in [0.1, 0.15) is 0 Å². The van der Waals surface area contributed by atoms with Crippen LogP contribution in [-0.4, -0.2) is 48.4 Å². The molecular formula is C14H29N3O2. The van der Waals surface area contributed by atoms with Gasteiger partial charge in [-0.1, -0.05) is 13.3 Å². The predicted octanol–water partition coefficient (Wildman–Crippen LogP) is 1.14. The Morgan fingerprint density at radius 3 is 2.11 bits per heavy atom. The summed E-state index contributed by atoms with van der Waals surface area (Å²) in [6.45, 7) is 11.7. The molecule has 0 fully saturated rings. The highest BCUT2D eigenvalue weighted by Crippen LogP contribution is 1.97. The zero-order chi connectivity index (χ0) is 14.8. The molecule has 0 radical (unpaired) electrons. The number of hydrogen-bond acceptors (Lipinski definition) is 3. The summed E-state index contributed by atoms with van der Waals surface area (Å²) in [7, 11) is 0. The number of nitrogens with one attached hydrogen (secondary N) is 2. The fourth-order valence-corrected chi connectivity index (χ4v) is 1.87. The van der Waals surface area contributed by atoms with Crippen LogP contribution in [0.4, 0.5) is 0 Å². The Bertz CT molecular complexity index is 278. The van der Waals surface area contributed by atoms with Gasteiger partial charge in [-0.2, -0.15) is 0 Å². The lowest BCUT2D eigenvalue weighted by Crippen LogP contribution is -2.52. The Morgan fingerprint density at radius 2 is 1.63 bits per heavy atom. The van der Waals surface area contributed by atoms with Crippen molar-refractivity contribution in [1.82, 2.24) is 15.5 Å². The molecule has 0 heterocycles. The molecule has 5 heteroatoms. The van der Waals surface area contributed by atoms with Gasteiger partial charge in [0.25, 0.3) is 0 Å². The molecular weight excluding hydrogens is 242 g/mol. The van der Waals surface area contributed by atoms with Crippen molar-refractivity contribution in [3.8, 4) is 0 Å². The van der Waals surface area contributed by atoms with E-state index in [1.165, 1.54) is 0 Å². The quantitative estimate of drug-likeness (QED) is 0.618. The Balaban J connectivity index is 4.19. The summed E-state index contributed by atoms with van der Waals surface area (Å²) >= 11 is 0. The van der Waals surface area contributed by atoms with E-state index in [2.05, 4.69) is 17.6 Å². The number of amides is 2. The number of rotatable bonds is 9. The summed E-state index contributed by atoms with van der Waals surface area (Å²) < 4.78 is 0. The highest BCUT2D eigenvalue weighted by Gasteiger charge is 2.22. The summed E-state index contributed by atoms with van der Waals surface area (Å²) in [5.41, 5.74) is 0. The van der Waals surface area contributed by atoms with E-state index in [-0.39, 0.29) is 23.9 Å². The average Bonchev–Trinajstić information content (AvgIpc) is 2.39. The highest BCUT2D eigenvalue weighted by atomic mass is 16.2. The first-order valence-electron chi connectivity index (χ1n) is 7.30. The lowest BCUT2D eigenvalue weighted by atomic mass is 10.2. The van der Waals surface area contributed by atoms with Crippen LogP contribution in [0.2, 0.25) is 0 Å². The third-order valence-corrected chi connectivity index (χ3v) is 3.17. The highest BCUT2D eigenvalue weighted by molar-refractivity contribution is 5.84. The van der Waals surface area contributed by atoms with Gasteiger partial charge in [0, 0.05) is 19.6 Å². The molecule has 0 aliphatic heterocycles. The molecule has 0 aromatic carbocycles. The Kier molecular flexibility index (Phi) is 9.21. The van der Waals surface area contributed by atoms with E-state index in [0.29, 0.717) is 19.6 Å². The molecule has 5 nitrogen and oxygen atoms in total. The van der Waals surface area contributed by atoms with Crippen LogP contribution in [-0.2, 0) is 9.59 Å². The normalized spacial score (nSPS) is 13.7. The standard InChI is InChI=1S/C14H29N3O2/c1-6-9-10-15-13(18)11(4)16-12(5)14(19)17(7-2)8-3/h11-12,16H,6-10H2,1-5H3,(H,15,18). The second-order valence-corrected chi connectivity index (χ2v) is 4.77. The van der Waals surface area contributed by atoms with Gasteiger partial charge in [-0.25, -0.2) is 0 Å². The summed E-state index contributed by atoms with van der Waals surface area (Å²) in [6, 6.07) is -0.696. The van der Waals surface area contributed by atoms with Crippen LogP contribution in [0.15, 0.2) is 0 Å². The summed E-state index contributed by atoms with van der Waals surface area (Å²) in [5, 5.41) is 5.91. The van der Waals surface area contributed by atoms with Crippen molar-refractivity contribution < 1.29 is 9.59 Å². The zero-order valence-electron chi connectivity index (χ0n) is 13.0. The second-order valence-electron chi connectivity index (χ2n) is 4.77. The third kappa shape index (κ3) is 6.57. The first-order valence-corrected chi connectivity index (χ1v) is 7.30. The summed E-state index contributed by atoms with van der Waals surface area (Å²) in [5.74, 6) is -0.00847. The molecule has 0 aromatic rings. The van der Waals surface area contributed by atoms with Crippen molar-refractivity contribution in [2.24, 2.45) is 0 Å². The molecule has 0 aliphatic carbocycles. The SMILES string of the molecule is CCCCNC(=O)C(C)NC(C)C(=O)N(CC)CC. The molecule has 0 aromatic heterocycles. The number of carbonyl (C=O) groups excluding carboxylic acids is 2. The van der Waals surface area contributed by atoms with E-state index in [0.717, 1.165) is 12.8 Å². The number of hydrogen-bond donors (Lipinski definition) is 2. The second kappa shape index (κ2) is 9.78. The van der Waals surface area contributed by atoms with E-state index < -0.39 is 0 Å². The van der Waals surface area contributed by atoms with Crippen LogP contribution in [0.5, 0.6) is 0 Å². The first kappa shape index (κ1) is 17.9. The van der Waals surface area contributed by atoms with Gasteiger partial charge in [-0.3, -0.25) is 14.9 Å². The molecule has 112 valence electrons. The zero-order valence-corrected chi connectivity index (χ0v) is 13.0. The smallest absolute Gasteiger partial charge is 0.239 e. The molecule has 19 heavy (non-hydrogen) atoms. The van der Waals surface area contributed by atoms with Crippen molar-refractivity contribution >= 4 is 11.8 Å². The van der Waals surface area contributed by atoms with Crippen molar-refractivity contribution in [1.29, 1.82) is 0 Å². The molecule has 0 saturated heterocycles.